The zero-order chi connectivity index (χ0) is 29.3. The number of halogens is 13. The van der Waals surface area contributed by atoms with Crippen LogP contribution in [-0.2, 0) is 14.3 Å². The lowest BCUT2D eigenvalue weighted by atomic mass is 9.84. The van der Waals surface area contributed by atoms with Crippen LogP contribution in [0.1, 0.15) is 41.0 Å². The number of hydrogen-bond acceptors (Lipinski definition) is 4. The van der Waals surface area contributed by atoms with E-state index in [2.05, 4.69) is 9.47 Å². The molecule has 0 saturated carbocycles. The molecule has 0 saturated heterocycles. The van der Waals surface area contributed by atoms with Gasteiger partial charge in [-0.1, -0.05) is 13.8 Å². The fourth-order valence-electron chi connectivity index (χ4n) is 2.39. The molecule has 0 rings (SSSR count). The second-order valence-corrected chi connectivity index (χ2v) is 8.50. The molecular formula is C18H22F13NO4. The quantitative estimate of drug-likeness (QED) is 0.254. The summed E-state index contributed by atoms with van der Waals surface area (Å²) in [6.45, 7) is 4.18. The topological polar surface area (TPSA) is 64.6 Å². The third-order valence-electron chi connectivity index (χ3n) is 4.40. The van der Waals surface area contributed by atoms with E-state index >= 15 is 0 Å². The van der Waals surface area contributed by atoms with E-state index in [4.69, 9.17) is 0 Å². The minimum atomic E-state index is -8.10. The molecule has 2 unspecified atom stereocenters. The van der Waals surface area contributed by atoms with Crippen molar-refractivity contribution in [1.29, 1.82) is 0 Å². The summed E-state index contributed by atoms with van der Waals surface area (Å²) in [6.07, 6.45) is -9.36. The van der Waals surface area contributed by atoms with Gasteiger partial charge in [0.2, 0.25) is 0 Å². The zero-order valence-electron chi connectivity index (χ0n) is 19.1. The maximum absolute atomic E-state index is 14.5. The second-order valence-electron chi connectivity index (χ2n) is 8.50. The fraction of sp³-hybridized carbons (Fsp3) is 0.889. The van der Waals surface area contributed by atoms with E-state index in [-0.39, 0.29) is 13.3 Å². The molecule has 18 heteroatoms. The Morgan fingerprint density at radius 2 is 1.17 bits per heavy atom. The Labute approximate surface area is 195 Å². The van der Waals surface area contributed by atoms with Crippen LogP contribution in [0, 0.1) is 5.92 Å². The zero-order valence-corrected chi connectivity index (χ0v) is 19.1. The van der Waals surface area contributed by atoms with Crippen molar-refractivity contribution in [3.05, 3.63) is 0 Å². The number of hydrogen-bond donors (Lipinski definition) is 1. The minimum Gasteiger partial charge on any atom is -0.464 e. The van der Waals surface area contributed by atoms with Crippen LogP contribution >= 0.6 is 0 Å². The van der Waals surface area contributed by atoms with Gasteiger partial charge in [-0.25, -0.2) is 9.59 Å². The largest absolute Gasteiger partial charge is 0.464 e. The molecule has 0 aliphatic rings. The van der Waals surface area contributed by atoms with E-state index in [1.807, 2.05) is 0 Å². The number of alkyl halides is 13. The second kappa shape index (κ2) is 10.3. The number of amides is 1. The Bertz CT molecular complexity index is 791. The van der Waals surface area contributed by atoms with Gasteiger partial charge in [0.05, 0.1) is 12.5 Å². The van der Waals surface area contributed by atoms with Crippen molar-refractivity contribution in [3.8, 4) is 0 Å². The summed E-state index contributed by atoms with van der Waals surface area (Å²) >= 11 is 0. The molecule has 0 heterocycles. The average Bonchev–Trinajstić information content (AvgIpc) is 2.66. The summed E-state index contributed by atoms with van der Waals surface area (Å²) in [5, 5.41) is 1.30. The third-order valence-corrected chi connectivity index (χ3v) is 4.40. The van der Waals surface area contributed by atoms with Crippen LogP contribution in [0.25, 0.3) is 0 Å². The molecule has 1 amide bonds. The van der Waals surface area contributed by atoms with E-state index in [0.29, 0.717) is 0 Å². The fourth-order valence-corrected chi connectivity index (χ4v) is 2.39. The molecular weight excluding hydrogens is 541 g/mol. The van der Waals surface area contributed by atoms with Crippen LogP contribution in [0.5, 0.6) is 0 Å². The number of ether oxygens (including phenoxy) is 2. The van der Waals surface area contributed by atoms with E-state index < -0.39 is 72.0 Å². The molecule has 0 aromatic heterocycles. The highest BCUT2D eigenvalue weighted by Gasteiger charge is 2.91. The molecule has 0 radical (unpaired) electrons. The van der Waals surface area contributed by atoms with Gasteiger partial charge in [0.15, 0.2) is 0 Å². The van der Waals surface area contributed by atoms with Crippen molar-refractivity contribution in [1.82, 2.24) is 5.32 Å². The van der Waals surface area contributed by atoms with Crippen LogP contribution in [0.15, 0.2) is 0 Å². The van der Waals surface area contributed by atoms with Crippen molar-refractivity contribution >= 4 is 12.1 Å². The Kier molecular flexibility index (Phi) is 9.68. The molecule has 0 aliphatic heterocycles. The third kappa shape index (κ3) is 6.20. The van der Waals surface area contributed by atoms with E-state index in [9.17, 15) is 66.7 Å². The summed E-state index contributed by atoms with van der Waals surface area (Å²) in [7, 11) is 0. The first-order chi connectivity index (χ1) is 15.6. The molecule has 0 fully saturated rings. The monoisotopic (exact) mass is 563 g/mol. The Morgan fingerprint density at radius 1 is 0.750 bits per heavy atom. The number of alkyl carbamates (subject to hydrolysis) is 1. The van der Waals surface area contributed by atoms with E-state index in [1.54, 1.807) is 0 Å². The summed E-state index contributed by atoms with van der Waals surface area (Å²) in [4.78, 5) is 23.9. The highest BCUT2D eigenvalue weighted by Crippen LogP contribution is 2.61. The highest BCUT2D eigenvalue weighted by molar-refractivity contribution is 5.82. The predicted molar refractivity (Wildman–Crippen MR) is 94.4 cm³/mol. The number of carbonyl (C=O) groups is 2. The number of esters is 1. The van der Waals surface area contributed by atoms with Crippen LogP contribution in [0.4, 0.5) is 61.9 Å². The van der Waals surface area contributed by atoms with Crippen LogP contribution in [0.3, 0.4) is 0 Å². The number of nitrogens with one attached hydrogen (secondary N) is 1. The first kappa shape index (κ1) is 33.8. The van der Waals surface area contributed by atoms with Gasteiger partial charge in [-0.15, -0.1) is 0 Å². The van der Waals surface area contributed by atoms with Crippen molar-refractivity contribution in [2.24, 2.45) is 5.92 Å². The first-order valence-corrected chi connectivity index (χ1v) is 9.75. The van der Waals surface area contributed by atoms with Gasteiger partial charge in [0.25, 0.3) is 0 Å². The molecule has 0 aromatic rings. The number of rotatable bonds is 10. The summed E-state index contributed by atoms with van der Waals surface area (Å²) in [5.74, 6) is -43.9. The van der Waals surface area contributed by atoms with Crippen LogP contribution < -0.4 is 5.32 Å². The molecule has 214 valence electrons. The van der Waals surface area contributed by atoms with Crippen molar-refractivity contribution in [2.45, 2.75) is 88.5 Å². The lowest BCUT2D eigenvalue weighted by Gasteiger charge is -2.42. The predicted octanol–water partition coefficient (Wildman–Crippen LogP) is 6.21. The lowest BCUT2D eigenvalue weighted by molar-refractivity contribution is -0.443. The molecule has 0 bridgehead atoms. The average molecular weight is 563 g/mol. The van der Waals surface area contributed by atoms with Gasteiger partial charge in [0.1, 0.15) is 11.6 Å². The lowest BCUT2D eigenvalue weighted by Crippen LogP contribution is -2.72. The van der Waals surface area contributed by atoms with Crippen molar-refractivity contribution in [3.63, 3.8) is 0 Å². The standard InChI is InChI=1S/C18H22F13NO4/c1-6-7-35-10(33)9(32-11(34)36-12(3,4)5)8(2)13(19,20)14(21,22)15(23,24)16(25,26)17(27,28)18(29,30)31/h8-9H,6-7H2,1-5H3,(H,32,34). The van der Waals surface area contributed by atoms with Gasteiger partial charge in [-0.3, -0.25) is 0 Å². The maximum atomic E-state index is 14.5. The van der Waals surface area contributed by atoms with Gasteiger partial charge in [0, 0.05) is 0 Å². The Hall–Kier alpha value is -2.17. The molecule has 2 atom stereocenters. The molecule has 0 spiro atoms. The van der Waals surface area contributed by atoms with Crippen molar-refractivity contribution in [2.75, 3.05) is 6.61 Å². The van der Waals surface area contributed by atoms with Gasteiger partial charge in [-0.2, -0.15) is 57.1 Å². The van der Waals surface area contributed by atoms with Gasteiger partial charge >= 0.3 is 47.9 Å². The summed E-state index contributed by atoms with van der Waals surface area (Å²) < 4.78 is 184. The molecule has 1 N–H and O–H groups in total. The van der Waals surface area contributed by atoms with Gasteiger partial charge < -0.3 is 14.8 Å². The van der Waals surface area contributed by atoms with Crippen LogP contribution in [0.2, 0.25) is 0 Å². The summed E-state index contributed by atoms with van der Waals surface area (Å²) in [6, 6.07) is -3.04. The van der Waals surface area contributed by atoms with E-state index in [0.717, 1.165) is 0 Å². The maximum Gasteiger partial charge on any atom is 0.460 e. The minimum absolute atomic E-state index is 0.0251. The van der Waals surface area contributed by atoms with Crippen LogP contribution in [-0.4, -0.2) is 66.1 Å². The Balaban J connectivity index is 6.58. The smallest absolute Gasteiger partial charge is 0.460 e. The first-order valence-electron chi connectivity index (χ1n) is 9.75. The Morgan fingerprint density at radius 3 is 1.53 bits per heavy atom. The summed E-state index contributed by atoms with van der Waals surface area (Å²) in [5.41, 5.74) is -1.41. The number of carbonyl (C=O) groups excluding carboxylic acids is 2. The molecule has 5 nitrogen and oxygen atoms in total. The normalized spacial score (nSPS) is 16.3. The van der Waals surface area contributed by atoms with Crippen molar-refractivity contribution < 1.29 is 76.1 Å². The molecule has 0 aliphatic carbocycles. The SMILES string of the molecule is CCCOC(=O)C(NC(=O)OC(C)(C)C)C(C)C(F)(F)C(F)(F)C(F)(F)C(F)(F)C(F)(F)C(F)(F)F. The van der Waals surface area contributed by atoms with E-state index in [1.165, 1.54) is 33.0 Å². The molecule has 36 heavy (non-hydrogen) atoms. The highest BCUT2D eigenvalue weighted by atomic mass is 19.4. The van der Waals surface area contributed by atoms with Gasteiger partial charge in [-0.05, 0) is 27.2 Å². The molecule has 0 aromatic carbocycles.